The molecule has 0 bridgehead atoms. The fourth-order valence-corrected chi connectivity index (χ4v) is 2.19. The van der Waals surface area contributed by atoms with Gasteiger partial charge in [0.1, 0.15) is 0 Å². The van der Waals surface area contributed by atoms with Gasteiger partial charge in [0.15, 0.2) is 0 Å². The largest absolute Gasteiger partial charge is 0.395 e. The summed E-state index contributed by atoms with van der Waals surface area (Å²) in [5, 5.41) is 12.6. The van der Waals surface area contributed by atoms with Crippen molar-refractivity contribution in [1.82, 2.24) is 5.32 Å². The SMILES string of the molecule is CC(C)(C)NCc1ccc(N(CCO)C2CC2)cc1. The summed E-state index contributed by atoms with van der Waals surface area (Å²) in [5.74, 6) is 0. The molecule has 0 spiro atoms. The van der Waals surface area contributed by atoms with Gasteiger partial charge in [0.2, 0.25) is 0 Å². The highest BCUT2D eigenvalue weighted by Gasteiger charge is 2.28. The third-order valence-electron chi connectivity index (χ3n) is 3.42. The number of rotatable bonds is 6. The summed E-state index contributed by atoms with van der Waals surface area (Å²) in [4.78, 5) is 2.32. The molecule has 1 fully saturated rings. The van der Waals surface area contributed by atoms with Gasteiger partial charge in [0, 0.05) is 30.4 Å². The zero-order valence-corrected chi connectivity index (χ0v) is 12.3. The Kier molecular flexibility index (Phi) is 4.48. The Hall–Kier alpha value is -1.06. The van der Waals surface area contributed by atoms with Gasteiger partial charge in [-0.15, -0.1) is 0 Å². The lowest BCUT2D eigenvalue weighted by atomic mass is 10.1. The molecule has 0 aliphatic heterocycles. The van der Waals surface area contributed by atoms with Crippen LogP contribution in [0.2, 0.25) is 0 Å². The van der Waals surface area contributed by atoms with E-state index < -0.39 is 0 Å². The second-order valence-corrected chi connectivity index (χ2v) is 6.42. The zero-order chi connectivity index (χ0) is 13.9. The van der Waals surface area contributed by atoms with E-state index in [-0.39, 0.29) is 12.1 Å². The third kappa shape index (κ3) is 4.51. The van der Waals surface area contributed by atoms with Gasteiger partial charge in [-0.25, -0.2) is 0 Å². The summed E-state index contributed by atoms with van der Waals surface area (Å²) in [6.07, 6.45) is 2.51. The molecule has 0 aromatic heterocycles. The Labute approximate surface area is 116 Å². The minimum absolute atomic E-state index is 0.148. The van der Waals surface area contributed by atoms with Crippen molar-refractivity contribution in [3.8, 4) is 0 Å². The molecule has 1 saturated carbocycles. The van der Waals surface area contributed by atoms with Crippen molar-refractivity contribution in [2.75, 3.05) is 18.1 Å². The minimum atomic E-state index is 0.148. The Balaban J connectivity index is 1.96. The van der Waals surface area contributed by atoms with Crippen LogP contribution in [0.3, 0.4) is 0 Å². The van der Waals surface area contributed by atoms with Gasteiger partial charge in [-0.05, 0) is 51.3 Å². The van der Waals surface area contributed by atoms with Gasteiger partial charge in [-0.3, -0.25) is 0 Å². The van der Waals surface area contributed by atoms with Crippen molar-refractivity contribution in [2.24, 2.45) is 0 Å². The van der Waals surface area contributed by atoms with Crippen molar-refractivity contribution in [3.63, 3.8) is 0 Å². The molecule has 106 valence electrons. The third-order valence-corrected chi connectivity index (χ3v) is 3.42. The predicted octanol–water partition coefficient (Wildman–Crippen LogP) is 2.54. The number of aliphatic hydroxyl groups is 1. The van der Waals surface area contributed by atoms with Gasteiger partial charge in [0.25, 0.3) is 0 Å². The van der Waals surface area contributed by atoms with Gasteiger partial charge in [0.05, 0.1) is 6.61 Å². The average Bonchev–Trinajstić information content (AvgIpc) is 3.18. The normalized spacial score (nSPS) is 15.6. The topological polar surface area (TPSA) is 35.5 Å². The van der Waals surface area contributed by atoms with E-state index in [0.717, 1.165) is 13.1 Å². The summed E-state index contributed by atoms with van der Waals surface area (Å²) in [6.45, 7) is 8.40. The molecule has 19 heavy (non-hydrogen) atoms. The van der Waals surface area contributed by atoms with E-state index in [9.17, 15) is 0 Å². The van der Waals surface area contributed by atoms with Crippen LogP contribution >= 0.6 is 0 Å². The molecule has 3 heteroatoms. The Bertz CT molecular complexity index is 390. The summed E-state index contributed by atoms with van der Waals surface area (Å²) in [5.41, 5.74) is 2.68. The monoisotopic (exact) mass is 262 g/mol. The molecule has 0 heterocycles. The number of nitrogens with one attached hydrogen (secondary N) is 1. The number of hydrogen-bond acceptors (Lipinski definition) is 3. The fraction of sp³-hybridized carbons (Fsp3) is 0.625. The van der Waals surface area contributed by atoms with Crippen LogP contribution in [0.15, 0.2) is 24.3 Å². The summed E-state index contributed by atoms with van der Waals surface area (Å²) >= 11 is 0. The minimum Gasteiger partial charge on any atom is -0.395 e. The Morgan fingerprint density at radius 3 is 2.32 bits per heavy atom. The highest BCUT2D eigenvalue weighted by Crippen LogP contribution is 2.31. The van der Waals surface area contributed by atoms with Crippen LogP contribution in [0, 0.1) is 0 Å². The van der Waals surface area contributed by atoms with E-state index in [1.807, 2.05) is 0 Å². The maximum Gasteiger partial charge on any atom is 0.0606 e. The van der Waals surface area contributed by atoms with Crippen LogP contribution in [0.25, 0.3) is 0 Å². The molecule has 1 aliphatic rings. The summed E-state index contributed by atoms with van der Waals surface area (Å²) in [7, 11) is 0. The number of anilines is 1. The van der Waals surface area contributed by atoms with Crippen LogP contribution in [-0.2, 0) is 6.54 Å². The maximum atomic E-state index is 9.15. The number of hydrogen-bond donors (Lipinski definition) is 2. The predicted molar refractivity (Wildman–Crippen MR) is 80.5 cm³/mol. The first kappa shape index (κ1) is 14.4. The van der Waals surface area contributed by atoms with E-state index in [0.29, 0.717) is 6.04 Å². The smallest absolute Gasteiger partial charge is 0.0606 e. The van der Waals surface area contributed by atoms with Gasteiger partial charge in [-0.2, -0.15) is 0 Å². The quantitative estimate of drug-likeness (QED) is 0.827. The molecule has 1 aliphatic carbocycles. The summed E-state index contributed by atoms with van der Waals surface area (Å²) in [6, 6.07) is 9.36. The van der Waals surface area contributed by atoms with Crippen molar-refractivity contribution < 1.29 is 5.11 Å². The molecule has 0 radical (unpaired) electrons. The van der Waals surface area contributed by atoms with Gasteiger partial charge < -0.3 is 15.3 Å². The molecule has 1 aromatic rings. The highest BCUT2D eigenvalue weighted by molar-refractivity contribution is 5.49. The van der Waals surface area contributed by atoms with Gasteiger partial charge in [-0.1, -0.05) is 12.1 Å². The molecule has 3 nitrogen and oxygen atoms in total. The zero-order valence-electron chi connectivity index (χ0n) is 12.3. The second kappa shape index (κ2) is 5.93. The molecule has 0 atom stereocenters. The van der Waals surface area contributed by atoms with Crippen LogP contribution in [0.4, 0.5) is 5.69 Å². The molecule has 0 saturated heterocycles. The van der Waals surface area contributed by atoms with Crippen molar-refractivity contribution in [1.29, 1.82) is 0 Å². The molecular weight excluding hydrogens is 236 g/mol. The lowest BCUT2D eigenvalue weighted by Gasteiger charge is -2.24. The fourth-order valence-electron chi connectivity index (χ4n) is 2.19. The number of nitrogens with zero attached hydrogens (tertiary/aromatic N) is 1. The van der Waals surface area contributed by atoms with Crippen molar-refractivity contribution in [2.45, 2.75) is 51.7 Å². The Morgan fingerprint density at radius 1 is 1.21 bits per heavy atom. The molecule has 2 rings (SSSR count). The van der Waals surface area contributed by atoms with Crippen LogP contribution in [-0.4, -0.2) is 29.8 Å². The van der Waals surface area contributed by atoms with Crippen molar-refractivity contribution >= 4 is 5.69 Å². The number of benzene rings is 1. The standard InChI is InChI=1S/C16H26N2O/c1-16(2,3)17-12-13-4-6-14(7-5-13)18(10-11-19)15-8-9-15/h4-7,15,17,19H,8-12H2,1-3H3. The lowest BCUT2D eigenvalue weighted by Crippen LogP contribution is -2.35. The summed E-state index contributed by atoms with van der Waals surface area (Å²) < 4.78 is 0. The van der Waals surface area contributed by atoms with E-state index in [1.165, 1.54) is 24.1 Å². The number of aliphatic hydroxyl groups excluding tert-OH is 1. The highest BCUT2D eigenvalue weighted by atomic mass is 16.3. The van der Waals surface area contributed by atoms with E-state index >= 15 is 0 Å². The van der Waals surface area contributed by atoms with E-state index in [2.05, 4.69) is 55.3 Å². The molecular formula is C16H26N2O. The maximum absolute atomic E-state index is 9.15. The average molecular weight is 262 g/mol. The first-order chi connectivity index (χ1) is 8.99. The van der Waals surface area contributed by atoms with Crippen LogP contribution in [0.5, 0.6) is 0 Å². The molecule has 1 aromatic carbocycles. The van der Waals surface area contributed by atoms with E-state index in [4.69, 9.17) is 5.11 Å². The van der Waals surface area contributed by atoms with Crippen LogP contribution in [0.1, 0.15) is 39.2 Å². The first-order valence-electron chi connectivity index (χ1n) is 7.21. The molecule has 2 N–H and O–H groups in total. The van der Waals surface area contributed by atoms with Crippen LogP contribution < -0.4 is 10.2 Å². The van der Waals surface area contributed by atoms with Crippen molar-refractivity contribution in [3.05, 3.63) is 29.8 Å². The second-order valence-electron chi connectivity index (χ2n) is 6.42. The molecule has 0 amide bonds. The Morgan fingerprint density at radius 2 is 1.84 bits per heavy atom. The molecule has 0 unspecified atom stereocenters. The van der Waals surface area contributed by atoms with E-state index in [1.54, 1.807) is 0 Å². The van der Waals surface area contributed by atoms with Gasteiger partial charge >= 0.3 is 0 Å². The lowest BCUT2D eigenvalue weighted by molar-refractivity contribution is 0.301. The first-order valence-corrected chi connectivity index (χ1v) is 7.21.